The fourth-order valence-corrected chi connectivity index (χ4v) is 1.30. The van der Waals surface area contributed by atoms with Crippen LogP contribution in [0.4, 0.5) is 0 Å². The summed E-state index contributed by atoms with van der Waals surface area (Å²) in [6, 6.07) is 4.50. The van der Waals surface area contributed by atoms with Crippen LogP contribution in [-0.4, -0.2) is 5.11 Å². The zero-order chi connectivity index (χ0) is 8.27. The van der Waals surface area contributed by atoms with E-state index in [9.17, 15) is 0 Å². The Morgan fingerprint density at radius 3 is 2.82 bits per heavy atom. The van der Waals surface area contributed by atoms with Crippen molar-refractivity contribution in [3.05, 3.63) is 23.2 Å². The highest BCUT2D eigenvalue weighted by atomic mass is 35.5. The van der Waals surface area contributed by atoms with E-state index in [0.29, 0.717) is 9.92 Å². The molecule has 2 nitrogen and oxygen atoms in total. The number of nitrogens with zero attached hydrogens (tertiary/aromatic N) is 1. The maximum Gasteiger partial charge on any atom is 0.138 e. The van der Waals surface area contributed by atoms with Gasteiger partial charge in [0, 0.05) is 4.90 Å². The average molecular weight is 186 g/mol. The van der Waals surface area contributed by atoms with E-state index in [1.165, 1.54) is 12.1 Å². The molecule has 0 spiro atoms. The summed E-state index contributed by atoms with van der Waals surface area (Å²) in [6.07, 6.45) is 0. The number of benzene rings is 1. The topological polar surface area (TPSA) is 44.0 Å². The Hall–Kier alpha value is -0.850. The molecule has 0 saturated heterocycles. The van der Waals surface area contributed by atoms with Gasteiger partial charge in [0.05, 0.1) is 5.02 Å². The van der Waals surface area contributed by atoms with Gasteiger partial charge in [-0.2, -0.15) is 5.26 Å². The first-order valence-electron chi connectivity index (χ1n) is 2.78. The summed E-state index contributed by atoms with van der Waals surface area (Å²) in [5, 5.41) is 19.5. The van der Waals surface area contributed by atoms with Crippen LogP contribution in [0.3, 0.4) is 0 Å². The highest BCUT2D eigenvalue weighted by molar-refractivity contribution is 8.03. The van der Waals surface area contributed by atoms with E-state index in [2.05, 4.69) is 0 Å². The average Bonchev–Trinajstić information content (AvgIpc) is 1.95. The molecule has 1 aromatic rings. The molecule has 0 fully saturated rings. The molecule has 0 radical (unpaired) electrons. The Morgan fingerprint density at radius 2 is 2.27 bits per heavy atom. The Labute approximate surface area is 73.4 Å². The van der Waals surface area contributed by atoms with Crippen LogP contribution in [0.1, 0.15) is 0 Å². The van der Waals surface area contributed by atoms with Gasteiger partial charge in [-0.15, -0.1) is 0 Å². The standard InChI is InChI=1S/C7H4ClNOS/c8-6-3-5(10)1-2-7(6)11-4-9/h1-3,10H. The van der Waals surface area contributed by atoms with Gasteiger partial charge in [0.25, 0.3) is 0 Å². The van der Waals surface area contributed by atoms with Crippen LogP contribution >= 0.6 is 23.4 Å². The molecule has 1 rings (SSSR count). The van der Waals surface area contributed by atoms with Gasteiger partial charge < -0.3 is 5.11 Å². The number of hydrogen-bond acceptors (Lipinski definition) is 3. The van der Waals surface area contributed by atoms with Gasteiger partial charge in [0.15, 0.2) is 0 Å². The van der Waals surface area contributed by atoms with Crippen molar-refractivity contribution in [3.8, 4) is 11.2 Å². The quantitative estimate of drug-likeness (QED) is 0.540. The van der Waals surface area contributed by atoms with Crippen molar-refractivity contribution in [2.45, 2.75) is 4.90 Å². The summed E-state index contributed by atoms with van der Waals surface area (Å²) in [5.41, 5.74) is 0. The number of thiocyanates is 1. The molecule has 1 N–H and O–H groups in total. The molecular weight excluding hydrogens is 182 g/mol. The predicted octanol–water partition coefficient (Wildman–Crippen LogP) is 2.62. The smallest absolute Gasteiger partial charge is 0.138 e. The normalized spacial score (nSPS) is 9.09. The largest absolute Gasteiger partial charge is 0.508 e. The van der Waals surface area contributed by atoms with Crippen LogP contribution in [0.5, 0.6) is 5.75 Å². The van der Waals surface area contributed by atoms with E-state index in [1.807, 2.05) is 5.40 Å². The number of phenolic OH excluding ortho intramolecular Hbond substituents is 1. The molecule has 11 heavy (non-hydrogen) atoms. The third-order valence-electron chi connectivity index (χ3n) is 1.07. The molecule has 0 atom stereocenters. The Bertz CT molecular complexity index is 308. The highest BCUT2D eigenvalue weighted by Gasteiger charge is 2.00. The zero-order valence-electron chi connectivity index (χ0n) is 5.41. The van der Waals surface area contributed by atoms with E-state index in [4.69, 9.17) is 22.0 Å². The van der Waals surface area contributed by atoms with Gasteiger partial charge in [-0.05, 0) is 30.0 Å². The molecule has 0 aliphatic rings. The van der Waals surface area contributed by atoms with Gasteiger partial charge in [0.2, 0.25) is 0 Å². The van der Waals surface area contributed by atoms with E-state index in [1.54, 1.807) is 6.07 Å². The predicted molar refractivity (Wildman–Crippen MR) is 44.6 cm³/mol. The minimum atomic E-state index is 0.109. The van der Waals surface area contributed by atoms with Crippen molar-refractivity contribution in [2.24, 2.45) is 0 Å². The molecule has 56 valence electrons. The summed E-state index contributed by atoms with van der Waals surface area (Å²) in [4.78, 5) is 0.659. The van der Waals surface area contributed by atoms with E-state index < -0.39 is 0 Å². The summed E-state index contributed by atoms with van der Waals surface area (Å²) in [6.45, 7) is 0. The zero-order valence-corrected chi connectivity index (χ0v) is 6.99. The number of nitriles is 1. The van der Waals surface area contributed by atoms with Crippen LogP contribution < -0.4 is 0 Å². The third kappa shape index (κ3) is 2.04. The maximum atomic E-state index is 8.93. The fraction of sp³-hybridized carbons (Fsp3) is 0. The van der Waals surface area contributed by atoms with Crippen molar-refractivity contribution < 1.29 is 5.11 Å². The third-order valence-corrected chi connectivity index (χ3v) is 2.16. The molecule has 0 amide bonds. The molecule has 0 heterocycles. The molecular formula is C7H4ClNOS. The summed E-state index contributed by atoms with van der Waals surface area (Å²) < 4.78 is 0. The van der Waals surface area contributed by atoms with Crippen molar-refractivity contribution in [2.75, 3.05) is 0 Å². The van der Waals surface area contributed by atoms with Crippen LogP contribution in [0.2, 0.25) is 5.02 Å². The van der Waals surface area contributed by atoms with E-state index in [-0.39, 0.29) is 5.75 Å². The minimum Gasteiger partial charge on any atom is -0.508 e. The molecule has 0 unspecified atom stereocenters. The second-order valence-corrected chi connectivity index (χ2v) is 3.04. The van der Waals surface area contributed by atoms with E-state index in [0.717, 1.165) is 11.8 Å². The monoisotopic (exact) mass is 185 g/mol. The first-order chi connectivity index (χ1) is 5.24. The lowest BCUT2D eigenvalue weighted by Gasteiger charge is -1.97. The number of rotatable bonds is 1. The summed E-state index contributed by atoms with van der Waals surface area (Å²) in [7, 11) is 0. The van der Waals surface area contributed by atoms with Crippen LogP contribution in [0.25, 0.3) is 0 Å². The van der Waals surface area contributed by atoms with Gasteiger partial charge in [-0.1, -0.05) is 11.6 Å². The Balaban J connectivity index is 3.01. The summed E-state index contributed by atoms with van der Waals surface area (Å²) >= 11 is 6.65. The van der Waals surface area contributed by atoms with Crippen LogP contribution in [0.15, 0.2) is 23.1 Å². The van der Waals surface area contributed by atoms with Gasteiger partial charge >= 0.3 is 0 Å². The van der Waals surface area contributed by atoms with Crippen molar-refractivity contribution in [1.29, 1.82) is 5.26 Å². The second-order valence-electron chi connectivity index (χ2n) is 1.81. The first-order valence-corrected chi connectivity index (χ1v) is 3.98. The fourth-order valence-electron chi connectivity index (χ4n) is 0.622. The van der Waals surface area contributed by atoms with Crippen LogP contribution in [-0.2, 0) is 0 Å². The molecule has 0 saturated carbocycles. The molecule has 0 aromatic heterocycles. The lowest BCUT2D eigenvalue weighted by atomic mass is 10.3. The van der Waals surface area contributed by atoms with Crippen molar-refractivity contribution in [1.82, 2.24) is 0 Å². The second kappa shape index (κ2) is 3.51. The van der Waals surface area contributed by atoms with Crippen molar-refractivity contribution in [3.63, 3.8) is 0 Å². The molecule has 4 heteroatoms. The molecule has 0 aliphatic heterocycles. The van der Waals surface area contributed by atoms with Gasteiger partial charge in [0.1, 0.15) is 11.2 Å². The van der Waals surface area contributed by atoms with Gasteiger partial charge in [-0.25, -0.2) is 0 Å². The lowest BCUT2D eigenvalue weighted by molar-refractivity contribution is 0.475. The number of halogens is 1. The van der Waals surface area contributed by atoms with Crippen molar-refractivity contribution >= 4 is 23.4 Å². The molecule has 1 aromatic carbocycles. The SMILES string of the molecule is N#CSc1ccc(O)cc1Cl. The molecule has 0 bridgehead atoms. The Kier molecular flexibility index (Phi) is 2.64. The molecule has 0 aliphatic carbocycles. The number of thioether (sulfide) groups is 1. The number of aromatic hydroxyl groups is 1. The number of hydrogen-bond donors (Lipinski definition) is 1. The number of phenols is 1. The summed E-state index contributed by atoms with van der Waals surface area (Å²) in [5.74, 6) is 0.109. The van der Waals surface area contributed by atoms with E-state index >= 15 is 0 Å². The lowest BCUT2D eigenvalue weighted by Crippen LogP contribution is -1.71. The maximum absolute atomic E-state index is 8.93. The Morgan fingerprint density at radius 1 is 1.55 bits per heavy atom. The van der Waals surface area contributed by atoms with Crippen LogP contribution in [0, 0.1) is 10.7 Å². The minimum absolute atomic E-state index is 0.109. The first kappa shape index (κ1) is 8.25. The highest BCUT2D eigenvalue weighted by Crippen LogP contribution is 2.29. The van der Waals surface area contributed by atoms with Gasteiger partial charge in [-0.3, -0.25) is 0 Å².